The predicted octanol–water partition coefficient (Wildman–Crippen LogP) is 6.42. The molecule has 39 heavy (non-hydrogen) atoms. The second kappa shape index (κ2) is 9.87. The maximum absolute atomic E-state index is 11.9. The van der Waals surface area contributed by atoms with E-state index in [2.05, 4.69) is 61.5 Å². The van der Waals surface area contributed by atoms with Crippen LogP contribution in [0.5, 0.6) is 0 Å². The van der Waals surface area contributed by atoms with E-state index >= 15 is 0 Å². The SMILES string of the molecule is CC(=O)c1ccc(C2=CC=CCc3[nH]c(-c4n[nH]c5cnc(-c6cncc(CN7CCCC7)c6)cc45)cc32)s1. The van der Waals surface area contributed by atoms with Gasteiger partial charge in [0.05, 0.1) is 28.0 Å². The third-order valence-corrected chi connectivity index (χ3v) is 8.75. The zero-order chi connectivity index (χ0) is 26.3. The summed E-state index contributed by atoms with van der Waals surface area (Å²) in [4.78, 5) is 29.1. The molecule has 6 heterocycles. The van der Waals surface area contributed by atoms with E-state index in [1.165, 1.54) is 29.7 Å². The van der Waals surface area contributed by atoms with Crippen LogP contribution in [-0.2, 0) is 13.0 Å². The molecule has 0 saturated carbocycles. The minimum absolute atomic E-state index is 0.0928. The number of rotatable bonds is 6. The van der Waals surface area contributed by atoms with Crippen molar-refractivity contribution in [1.29, 1.82) is 0 Å². The van der Waals surface area contributed by atoms with E-state index in [0.29, 0.717) is 0 Å². The standard InChI is InChI=1S/C31H28N6OS/c1-19(38)29-8-9-30(39-29)22-6-2-3-7-25-23(22)13-27(34-25)31-24-14-26(33-17-28(24)35-36-31)21-12-20(15-32-16-21)18-37-10-4-5-11-37/h2-3,6,8-9,12-17,34H,4-5,7,10-11,18H2,1H3,(H,35,36). The van der Waals surface area contributed by atoms with Gasteiger partial charge in [-0.1, -0.05) is 18.2 Å². The minimum atomic E-state index is 0.0928. The van der Waals surface area contributed by atoms with Crippen LogP contribution < -0.4 is 0 Å². The van der Waals surface area contributed by atoms with Crippen LogP contribution in [0, 0.1) is 0 Å². The van der Waals surface area contributed by atoms with Crippen molar-refractivity contribution < 1.29 is 4.79 Å². The summed E-state index contributed by atoms with van der Waals surface area (Å²) in [5.41, 5.74) is 9.19. The highest BCUT2D eigenvalue weighted by atomic mass is 32.1. The lowest BCUT2D eigenvalue weighted by molar-refractivity contribution is 0.102. The molecule has 2 N–H and O–H groups in total. The van der Waals surface area contributed by atoms with Crippen LogP contribution in [0.25, 0.3) is 39.1 Å². The quantitative estimate of drug-likeness (QED) is 0.246. The molecule has 0 aromatic carbocycles. The summed E-state index contributed by atoms with van der Waals surface area (Å²) in [6.45, 7) is 4.85. The Morgan fingerprint density at radius 2 is 2.00 bits per heavy atom. The van der Waals surface area contributed by atoms with Crippen LogP contribution in [0.3, 0.4) is 0 Å². The molecule has 2 aliphatic rings. The van der Waals surface area contributed by atoms with E-state index in [4.69, 9.17) is 4.98 Å². The van der Waals surface area contributed by atoms with Crippen molar-refractivity contribution in [3.8, 4) is 22.6 Å². The Bertz CT molecular complexity index is 1760. The van der Waals surface area contributed by atoms with Crippen molar-refractivity contribution in [2.24, 2.45) is 0 Å². The predicted molar refractivity (Wildman–Crippen MR) is 156 cm³/mol. The Morgan fingerprint density at radius 1 is 1.10 bits per heavy atom. The molecule has 5 aromatic heterocycles. The van der Waals surface area contributed by atoms with Gasteiger partial charge in [-0.15, -0.1) is 11.3 Å². The number of fused-ring (bicyclic) bond motifs is 2. The van der Waals surface area contributed by atoms with Gasteiger partial charge in [-0.2, -0.15) is 5.10 Å². The second-order valence-corrected chi connectivity index (χ2v) is 11.3. The number of thiophene rings is 1. The van der Waals surface area contributed by atoms with Crippen LogP contribution in [0.2, 0.25) is 0 Å². The number of allylic oxidation sites excluding steroid dienone is 3. The topological polar surface area (TPSA) is 90.6 Å². The first-order chi connectivity index (χ1) is 19.1. The Kier molecular flexibility index (Phi) is 6.06. The number of H-pyrrole nitrogens is 2. The van der Waals surface area contributed by atoms with Crippen molar-refractivity contribution in [3.05, 3.63) is 93.7 Å². The van der Waals surface area contributed by atoms with Crippen LogP contribution in [-0.4, -0.2) is 48.9 Å². The first-order valence-electron chi connectivity index (χ1n) is 13.3. The fraction of sp³-hybridized carbons (Fsp3) is 0.226. The number of likely N-dealkylation sites (tertiary alicyclic amines) is 1. The Morgan fingerprint density at radius 3 is 2.85 bits per heavy atom. The van der Waals surface area contributed by atoms with E-state index in [0.717, 1.165) is 86.2 Å². The van der Waals surface area contributed by atoms with Gasteiger partial charge in [-0.25, -0.2) is 0 Å². The van der Waals surface area contributed by atoms with Crippen molar-refractivity contribution in [2.45, 2.75) is 32.7 Å². The number of carbonyl (C=O) groups excluding carboxylic acids is 1. The molecule has 8 heteroatoms. The molecule has 0 bridgehead atoms. The van der Waals surface area contributed by atoms with Crippen LogP contribution in [0.1, 0.15) is 51.1 Å². The van der Waals surface area contributed by atoms with Gasteiger partial charge < -0.3 is 4.98 Å². The number of pyridine rings is 2. The van der Waals surface area contributed by atoms with E-state index in [1.54, 1.807) is 6.92 Å². The molecule has 1 saturated heterocycles. The lowest BCUT2D eigenvalue weighted by atomic mass is 10.0. The van der Waals surface area contributed by atoms with E-state index in [1.807, 2.05) is 30.7 Å². The summed E-state index contributed by atoms with van der Waals surface area (Å²) >= 11 is 1.54. The molecule has 194 valence electrons. The monoisotopic (exact) mass is 532 g/mol. The molecule has 0 radical (unpaired) electrons. The molecule has 7 rings (SSSR count). The largest absolute Gasteiger partial charge is 0.356 e. The van der Waals surface area contributed by atoms with Gasteiger partial charge in [0.2, 0.25) is 0 Å². The van der Waals surface area contributed by atoms with Gasteiger partial charge in [0.1, 0.15) is 5.69 Å². The summed E-state index contributed by atoms with van der Waals surface area (Å²) in [5.74, 6) is 0.0928. The summed E-state index contributed by atoms with van der Waals surface area (Å²) < 4.78 is 0. The van der Waals surface area contributed by atoms with Crippen molar-refractivity contribution >= 4 is 33.6 Å². The second-order valence-electron chi connectivity index (χ2n) is 10.3. The third kappa shape index (κ3) is 4.56. The molecule has 1 fully saturated rings. The maximum atomic E-state index is 11.9. The molecule has 7 nitrogen and oxygen atoms in total. The van der Waals surface area contributed by atoms with Gasteiger partial charge in [-0.3, -0.25) is 24.8 Å². The highest BCUT2D eigenvalue weighted by Crippen LogP contribution is 2.37. The molecule has 1 aliphatic heterocycles. The number of hydrogen-bond donors (Lipinski definition) is 2. The lowest BCUT2D eigenvalue weighted by Crippen LogP contribution is -2.18. The Labute approximate surface area is 230 Å². The number of aromatic amines is 2. The minimum Gasteiger partial charge on any atom is -0.356 e. The summed E-state index contributed by atoms with van der Waals surface area (Å²) in [7, 11) is 0. The first-order valence-corrected chi connectivity index (χ1v) is 14.2. The zero-order valence-electron chi connectivity index (χ0n) is 21.7. The van der Waals surface area contributed by atoms with Crippen LogP contribution >= 0.6 is 11.3 Å². The molecular formula is C31H28N6OS. The zero-order valence-corrected chi connectivity index (χ0v) is 22.5. The fourth-order valence-electron chi connectivity index (χ4n) is 5.55. The summed E-state index contributed by atoms with van der Waals surface area (Å²) in [6.07, 6.45) is 15.4. The third-order valence-electron chi connectivity index (χ3n) is 7.53. The van der Waals surface area contributed by atoms with Gasteiger partial charge >= 0.3 is 0 Å². The molecule has 1 aliphatic carbocycles. The van der Waals surface area contributed by atoms with Gasteiger partial charge in [0.25, 0.3) is 0 Å². The van der Waals surface area contributed by atoms with Gasteiger partial charge in [-0.05, 0) is 68.8 Å². The first kappa shape index (κ1) is 23.9. The number of hydrogen-bond acceptors (Lipinski definition) is 6. The number of nitrogens with zero attached hydrogens (tertiary/aromatic N) is 4. The highest BCUT2D eigenvalue weighted by molar-refractivity contribution is 7.15. The van der Waals surface area contributed by atoms with Gasteiger partial charge in [0.15, 0.2) is 5.78 Å². The Balaban J connectivity index is 1.24. The summed E-state index contributed by atoms with van der Waals surface area (Å²) in [6, 6.07) is 10.4. The summed E-state index contributed by atoms with van der Waals surface area (Å²) in [5, 5.41) is 8.85. The van der Waals surface area contributed by atoms with Crippen molar-refractivity contribution in [3.63, 3.8) is 0 Å². The van der Waals surface area contributed by atoms with Crippen molar-refractivity contribution in [1.82, 2.24) is 30.0 Å². The average molecular weight is 533 g/mol. The number of Topliss-reactive ketones (excluding diaryl/α,β-unsaturated/α-hetero) is 1. The average Bonchev–Trinajstić information content (AvgIpc) is 3.75. The normalized spacial score (nSPS) is 15.5. The number of carbonyl (C=O) groups is 1. The van der Waals surface area contributed by atoms with Crippen LogP contribution in [0.15, 0.2) is 67.2 Å². The molecule has 0 amide bonds. The van der Waals surface area contributed by atoms with Gasteiger partial charge in [0, 0.05) is 58.0 Å². The number of ketones is 1. The Hall–Kier alpha value is -4.14. The molecule has 0 spiro atoms. The van der Waals surface area contributed by atoms with E-state index in [-0.39, 0.29) is 5.78 Å². The molecular weight excluding hydrogens is 504 g/mol. The molecule has 0 atom stereocenters. The van der Waals surface area contributed by atoms with E-state index in [9.17, 15) is 4.79 Å². The fourth-order valence-corrected chi connectivity index (χ4v) is 6.49. The van der Waals surface area contributed by atoms with Crippen molar-refractivity contribution in [2.75, 3.05) is 13.1 Å². The maximum Gasteiger partial charge on any atom is 0.169 e. The highest BCUT2D eigenvalue weighted by Gasteiger charge is 2.20. The smallest absolute Gasteiger partial charge is 0.169 e. The van der Waals surface area contributed by atoms with Crippen LogP contribution in [0.4, 0.5) is 0 Å². The lowest BCUT2D eigenvalue weighted by Gasteiger charge is -2.14. The molecule has 5 aromatic rings. The van der Waals surface area contributed by atoms with E-state index < -0.39 is 0 Å². The number of nitrogens with one attached hydrogen (secondary N) is 2. The number of aromatic nitrogens is 5. The molecule has 0 unspecified atom stereocenters.